The summed E-state index contributed by atoms with van der Waals surface area (Å²) in [6.07, 6.45) is 0. The highest BCUT2D eigenvalue weighted by atomic mass is 32.1. The van der Waals surface area contributed by atoms with Crippen molar-refractivity contribution in [3.05, 3.63) is 34.2 Å². The van der Waals surface area contributed by atoms with Crippen LogP contribution in [0.15, 0.2) is 17.5 Å². The van der Waals surface area contributed by atoms with E-state index in [2.05, 4.69) is 43.3 Å². The van der Waals surface area contributed by atoms with Crippen LogP contribution in [0.2, 0.25) is 0 Å². The van der Waals surface area contributed by atoms with E-state index in [0.29, 0.717) is 0 Å². The summed E-state index contributed by atoms with van der Waals surface area (Å²) in [6, 6.07) is 4.27. The number of thiazole rings is 1. The van der Waals surface area contributed by atoms with E-state index in [1.807, 2.05) is 5.38 Å². The predicted molar refractivity (Wildman–Crippen MR) is 69.6 cm³/mol. The number of nitrogen functional groups attached to an aromatic ring is 1. The standard InChI is InChI=1S/C12H15N3S/c1-7-4-5-8(2)11(9(7)3)10-6-16-12(14-10)15-13/h4-6H,13H2,1-3H3,(H,14,15). The molecule has 0 radical (unpaired) electrons. The van der Waals surface area contributed by atoms with Gasteiger partial charge in [0.15, 0.2) is 5.13 Å². The summed E-state index contributed by atoms with van der Waals surface area (Å²) in [5.41, 5.74) is 8.62. The van der Waals surface area contributed by atoms with E-state index in [1.165, 1.54) is 33.6 Å². The summed E-state index contributed by atoms with van der Waals surface area (Å²) in [7, 11) is 0. The lowest BCUT2D eigenvalue weighted by Gasteiger charge is -2.09. The quantitative estimate of drug-likeness (QED) is 0.619. The molecule has 0 aliphatic heterocycles. The first-order valence-corrected chi connectivity index (χ1v) is 6.00. The summed E-state index contributed by atoms with van der Waals surface area (Å²) in [4.78, 5) is 4.44. The predicted octanol–water partition coefficient (Wildman–Crippen LogP) is 3.02. The fourth-order valence-corrected chi connectivity index (χ4v) is 2.41. The Morgan fingerprint density at radius 3 is 2.50 bits per heavy atom. The SMILES string of the molecule is Cc1ccc(C)c(-c2csc(NN)n2)c1C. The first-order valence-electron chi connectivity index (χ1n) is 5.13. The van der Waals surface area contributed by atoms with E-state index in [-0.39, 0.29) is 0 Å². The van der Waals surface area contributed by atoms with Crippen molar-refractivity contribution in [1.29, 1.82) is 0 Å². The summed E-state index contributed by atoms with van der Waals surface area (Å²) < 4.78 is 0. The summed E-state index contributed by atoms with van der Waals surface area (Å²) in [5, 5.41) is 2.78. The van der Waals surface area contributed by atoms with E-state index in [0.717, 1.165) is 10.8 Å². The van der Waals surface area contributed by atoms with E-state index in [9.17, 15) is 0 Å². The molecule has 0 aliphatic carbocycles. The lowest BCUT2D eigenvalue weighted by molar-refractivity contribution is 1.25. The van der Waals surface area contributed by atoms with Gasteiger partial charge in [0.1, 0.15) is 0 Å². The van der Waals surface area contributed by atoms with Gasteiger partial charge in [-0.15, -0.1) is 11.3 Å². The van der Waals surface area contributed by atoms with Crippen LogP contribution in [0, 0.1) is 20.8 Å². The molecule has 0 bridgehead atoms. The van der Waals surface area contributed by atoms with Crippen molar-refractivity contribution >= 4 is 16.5 Å². The molecule has 2 aromatic rings. The monoisotopic (exact) mass is 233 g/mol. The van der Waals surface area contributed by atoms with E-state index >= 15 is 0 Å². The number of hydrogen-bond donors (Lipinski definition) is 2. The van der Waals surface area contributed by atoms with Crippen LogP contribution < -0.4 is 11.3 Å². The van der Waals surface area contributed by atoms with Crippen LogP contribution in [0.1, 0.15) is 16.7 Å². The number of hydrogen-bond acceptors (Lipinski definition) is 4. The van der Waals surface area contributed by atoms with Gasteiger partial charge in [-0.25, -0.2) is 10.8 Å². The summed E-state index contributed by atoms with van der Waals surface area (Å²) in [5.74, 6) is 5.35. The second-order valence-corrected chi connectivity index (χ2v) is 4.74. The van der Waals surface area contributed by atoms with Crippen molar-refractivity contribution in [2.24, 2.45) is 5.84 Å². The van der Waals surface area contributed by atoms with Crippen molar-refractivity contribution in [2.75, 3.05) is 5.43 Å². The van der Waals surface area contributed by atoms with Gasteiger partial charge in [0.2, 0.25) is 0 Å². The maximum Gasteiger partial charge on any atom is 0.197 e. The van der Waals surface area contributed by atoms with Crippen molar-refractivity contribution in [2.45, 2.75) is 20.8 Å². The van der Waals surface area contributed by atoms with Gasteiger partial charge in [-0.05, 0) is 37.5 Å². The summed E-state index contributed by atoms with van der Waals surface area (Å²) >= 11 is 1.52. The minimum Gasteiger partial charge on any atom is -0.300 e. The number of nitrogens with zero attached hydrogens (tertiary/aromatic N) is 1. The Hall–Kier alpha value is -1.39. The lowest BCUT2D eigenvalue weighted by Crippen LogP contribution is -2.05. The molecule has 0 aliphatic rings. The molecule has 0 saturated carbocycles. The molecule has 3 N–H and O–H groups in total. The zero-order valence-corrected chi connectivity index (χ0v) is 10.5. The van der Waals surface area contributed by atoms with Gasteiger partial charge in [0.25, 0.3) is 0 Å². The normalized spacial score (nSPS) is 10.5. The lowest BCUT2D eigenvalue weighted by atomic mass is 9.97. The van der Waals surface area contributed by atoms with Gasteiger partial charge in [0.05, 0.1) is 5.69 Å². The number of benzene rings is 1. The number of aryl methyl sites for hydroxylation is 2. The molecule has 84 valence electrons. The number of rotatable bonds is 2. The maximum atomic E-state index is 5.35. The zero-order chi connectivity index (χ0) is 11.7. The van der Waals surface area contributed by atoms with Gasteiger partial charge in [-0.3, -0.25) is 5.43 Å². The van der Waals surface area contributed by atoms with Crippen LogP contribution in [-0.2, 0) is 0 Å². The number of aromatic nitrogens is 1. The van der Waals surface area contributed by atoms with E-state index in [1.54, 1.807) is 0 Å². The minimum atomic E-state index is 0.746. The van der Waals surface area contributed by atoms with Gasteiger partial charge in [-0.2, -0.15) is 0 Å². The Labute approximate surface area is 99.3 Å². The average Bonchev–Trinajstić information content (AvgIpc) is 2.73. The maximum absolute atomic E-state index is 5.35. The molecular formula is C12H15N3S. The number of anilines is 1. The molecule has 1 heterocycles. The van der Waals surface area contributed by atoms with Crippen molar-refractivity contribution in [3.8, 4) is 11.3 Å². The highest BCUT2D eigenvalue weighted by Gasteiger charge is 2.10. The van der Waals surface area contributed by atoms with Gasteiger partial charge >= 0.3 is 0 Å². The molecule has 3 nitrogen and oxygen atoms in total. The Morgan fingerprint density at radius 2 is 1.88 bits per heavy atom. The second kappa shape index (κ2) is 4.23. The minimum absolute atomic E-state index is 0.746. The number of nitrogens with one attached hydrogen (secondary N) is 1. The average molecular weight is 233 g/mol. The largest absolute Gasteiger partial charge is 0.300 e. The highest BCUT2D eigenvalue weighted by molar-refractivity contribution is 7.14. The van der Waals surface area contributed by atoms with Crippen LogP contribution in [0.4, 0.5) is 5.13 Å². The van der Waals surface area contributed by atoms with E-state index < -0.39 is 0 Å². The van der Waals surface area contributed by atoms with Crippen LogP contribution in [0.25, 0.3) is 11.3 Å². The molecule has 4 heteroatoms. The van der Waals surface area contributed by atoms with Crippen molar-refractivity contribution < 1.29 is 0 Å². The Bertz CT molecular complexity index is 517. The third kappa shape index (κ3) is 1.81. The molecule has 0 unspecified atom stereocenters. The number of hydrazine groups is 1. The van der Waals surface area contributed by atoms with Crippen LogP contribution in [-0.4, -0.2) is 4.98 Å². The second-order valence-electron chi connectivity index (χ2n) is 3.88. The molecule has 0 saturated heterocycles. The first-order chi connectivity index (χ1) is 7.63. The molecule has 2 rings (SSSR count). The molecule has 16 heavy (non-hydrogen) atoms. The molecule has 0 amide bonds. The third-order valence-corrected chi connectivity index (χ3v) is 3.60. The smallest absolute Gasteiger partial charge is 0.197 e. The van der Waals surface area contributed by atoms with Crippen molar-refractivity contribution in [3.63, 3.8) is 0 Å². The molecule has 1 aromatic carbocycles. The molecular weight excluding hydrogens is 218 g/mol. The van der Waals surface area contributed by atoms with Crippen LogP contribution in [0.5, 0.6) is 0 Å². The van der Waals surface area contributed by atoms with Crippen LogP contribution in [0.3, 0.4) is 0 Å². The fraction of sp³-hybridized carbons (Fsp3) is 0.250. The van der Waals surface area contributed by atoms with Crippen molar-refractivity contribution in [1.82, 2.24) is 4.98 Å². The first kappa shape index (κ1) is 11.1. The highest BCUT2D eigenvalue weighted by Crippen LogP contribution is 2.31. The third-order valence-electron chi connectivity index (χ3n) is 2.83. The molecule has 0 spiro atoms. The molecule has 0 fully saturated rings. The van der Waals surface area contributed by atoms with Gasteiger partial charge in [-0.1, -0.05) is 12.1 Å². The topological polar surface area (TPSA) is 50.9 Å². The van der Waals surface area contributed by atoms with Crippen LogP contribution >= 0.6 is 11.3 Å². The molecule has 0 atom stereocenters. The Balaban J connectivity index is 2.58. The number of nitrogens with two attached hydrogens (primary N) is 1. The summed E-state index contributed by atoms with van der Waals surface area (Å²) in [6.45, 7) is 6.36. The zero-order valence-electron chi connectivity index (χ0n) is 9.66. The molecule has 1 aromatic heterocycles. The Kier molecular flexibility index (Phi) is 2.94. The Morgan fingerprint density at radius 1 is 1.19 bits per heavy atom. The fourth-order valence-electron chi connectivity index (χ4n) is 1.80. The van der Waals surface area contributed by atoms with E-state index in [4.69, 9.17) is 5.84 Å². The van der Waals surface area contributed by atoms with Gasteiger partial charge < -0.3 is 0 Å². The van der Waals surface area contributed by atoms with Gasteiger partial charge in [0, 0.05) is 10.9 Å².